The highest BCUT2D eigenvalue weighted by atomic mass is 35.5. The molecule has 0 spiro atoms. The van der Waals surface area contributed by atoms with Gasteiger partial charge in [-0.1, -0.05) is 23.2 Å². The van der Waals surface area contributed by atoms with Crippen molar-refractivity contribution >= 4 is 40.2 Å². The molecule has 1 aromatic carbocycles. The van der Waals surface area contributed by atoms with E-state index >= 15 is 0 Å². The molecule has 0 fully saturated rings. The molecule has 2 heterocycles. The Morgan fingerprint density at radius 1 is 1.30 bits per heavy atom. The van der Waals surface area contributed by atoms with Crippen molar-refractivity contribution in [3.63, 3.8) is 0 Å². The zero-order valence-electron chi connectivity index (χ0n) is 12.6. The highest BCUT2D eigenvalue weighted by Gasteiger charge is 2.18. The van der Waals surface area contributed by atoms with Gasteiger partial charge in [0.2, 0.25) is 0 Å². The monoisotopic (exact) mass is 348 g/mol. The molecule has 3 aromatic rings. The summed E-state index contributed by atoms with van der Waals surface area (Å²) in [5.74, 6) is -0.480. The van der Waals surface area contributed by atoms with Crippen LogP contribution in [-0.4, -0.2) is 22.6 Å². The molecule has 0 atom stereocenters. The van der Waals surface area contributed by atoms with Crippen molar-refractivity contribution in [1.82, 2.24) is 9.55 Å². The minimum Gasteiger partial charge on any atom is -0.465 e. The number of hydrogen-bond acceptors (Lipinski definition) is 3. The van der Waals surface area contributed by atoms with Crippen molar-refractivity contribution in [1.29, 1.82) is 0 Å². The van der Waals surface area contributed by atoms with Gasteiger partial charge in [0.15, 0.2) is 0 Å². The van der Waals surface area contributed by atoms with E-state index in [0.29, 0.717) is 27.6 Å². The number of pyridine rings is 1. The number of aromatic nitrogens is 2. The second-order valence-corrected chi connectivity index (χ2v) is 5.95. The molecule has 0 saturated carbocycles. The fourth-order valence-corrected chi connectivity index (χ4v) is 3.17. The standard InChI is InChI=1S/C17H14Cl2N2O2/c1-21-11(8-10-4-3-7-20-16(10)21)9-13-14(18)6-5-12(15(13)19)17(22)23-2/h3-8H,9H2,1-2H3. The molecule has 0 amide bonds. The van der Waals surface area contributed by atoms with Gasteiger partial charge in [0.25, 0.3) is 0 Å². The Kier molecular flexibility index (Phi) is 4.28. The Balaban J connectivity index is 2.08. The molecule has 0 saturated heterocycles. The average Bonchev–Trinajstić information content (AvgIpc) is 2.87. The normalized spacial score (nSPS) is 11.0. The third-order valence-corrected chi connectivity index (χ3v) is 4.62. The van der Waals surface area contributed by atoms with Gasteiger partial charge < -0.3 is 9.30 Å². The number of esters is 1. The van der Waals surface area contributed by atoms with E-state index < -0.39 is 5.97 Å². The average molecular weight is 349 g/mol. The summed E-state index contributed by atoms with van der Waals surface area (Å²) in [5.41, 5.74) is 2.90. The third kappa shape index (κ3) is 2.80. The molecule has 6 heteroatoms. The predicted molar refractivity (Wildman–Crippen MR) is 91.3 cm³/mol. The number of nitrogens with zero attached hydrogens (tertiary/aromatic N) is 2. The quantitative estimate of drug-likeness (QED) is 0.664. The third-order valence-electron chi connectivity index (χ3n) is 3.84. The molecule has 118 valence electrons. The first kappa shape index (κ1) is 15.8. The molecule has 0 bridgehead atoms. The van der Waals surface area contributed by atoms with Crippen molar-refractivity contribution in [2.24, 2.45) is 7.05 Å². The molecule has 0 radical (unpaired) electrons. The van der Waals surface area contributed by atoms with Crippen molar-refractivity contribution in [2.75, 3.05) is 7.11 Å². The Morgan fingerprint density at radius 2 is 2.09 bits per heavy atom. The van der Waals surface area contributed by atoms with E-state index in [4.69, 9.17) is 27.9 Å². The Hall–Kier alpha value is -2.04. The summed E-state index contributed by atoms with van der Waals surface area (Å²) in [6.07, 6.45) is 2.25. The van der Waals surface area contributed by atoms with E-state index in [-0.39, 0.29) is 0 Å². The van der Waals surface area contributed by atoms with E-state index in [1.54, 1.807) is 18.3 Å². The van der Waals surface area contributed by atoms with Crippen LogP contribution in [0.4, 0.5) is 0 Å². The lowest BCUT2D eigenvalue weighted by molar-refractivity contribution is 0.0601. The topological polar surface area (TPSA) is 44.1 Å². The van der Waals surface area contributed by atoms with E-state index in [0.717, 1.165) is 16.7 Å². The van der Waals surface area contributed by atoms with Crippen LogP contribution >= 0.6 is 23.2 Å². The molecule has 23 heavy (non-hydrogen) atoms. The number of fused-ring (bicyclic) bond motifs is 1. The highest BCUT2D eigenvalue weighted by molar-refractivity contribution is 6.38. The van der Waals surface area contributed by atoms with Gasteiger partial charge in [-0.15, -0.1) is 0 Å². The number of carbonyl (C=O) groups is 1. The zero-order chi connectivity index (χ0) is 16.6. The van der Waals surface area contributed by atoms with Crippen LogP contribution in [0, 0.1) is 0 Å². The molecule has 0 aliphatic rings. The van der Waals surface area contributed by atoms with Gasteiger partial charge in [0, 0.05) is 35.8 Å². The van der Waals surface area contributed by atoms with Crippen LogP contribution < -0.4 is 0 Å². The first-order chi connectivity index (χ1) is 11.0. The molecule has 2 aromatic heterocycles. The first-order valence-electron chi connectivity index (χ1n) is 6.97. The molecular weight excluding hydrogens is 335 g/mol. The van der Waals surface area contributed by atoms with Crippen LogP contribution in [0.5, 0.6) is 0 Å². The number of carbonyl (C=O) groups excluding carboxylic acids is 1. The number of methoxy groups -OCH3 is 1. The predicted octanol–water partition coefficient (Wildman–Crippen LogP) is 4.26. The van der Waals surface area contributed by atoms with Crippen molar-refractivity contribution < 1.29 is 9.53 Å². The van der Waals surface area contributed by atoms with Crippen molar-refractivity contribution in [2.45, 2.75) is 6.42 Å². The number of hydrogen-bond donors (Lipinski definition) is 0. The van der Waals surface area contributed by atoms with E-state index in [1.165, 1.54) is 7.11 Å². The summed E-state index contributed by atoms with van der Waals surface area (Å²) in [6, 6.07) is 9.17. The maximum absolute atomic E-state index is 11.8. The van der Waals surface area contributed by atoms with Crippen molar-refractivity contribution in [3.05, 3.63) is 63.4 Å². The number of rotatable bonds is 3. The fraction of sp³-hybridized carbons (Fsp3) is 0.176. The van der Waals surface area contributed by atoms with Crippen LogP contribution in [-0.2, 0) is 18.2 Å². The van der Waals surface area contributed by atoms with Gasteiger partial charge in [-0.25, -0.2) is 9.78 Å². The number of ether oxygens (including phenoxy) is 1. The summed E-state index contributed by atoms with van der Waals surface area (Å²) < 4.78 is 6.75. The second kappa shape index (κ2) is 6.22. The smallest absolute Gasteiger partial charge is 0.339 e. The van der Waals surface area contributed by atoms with Gasteiger partial charge in [-0.3, -0.25) is 0 Å². The van der Waals surface area contributed by atoms with Crippen molar-refractivity contribution in [3.8, 4) is 0 Å². The lowest BCUT2D eigenvalue weighted by Crippen LogP contribution is -2.06. The van der Waals surface area contributed by atoms with Crippen LogP contribution in [0.3, 0.4) is 0 Å². The Morgan fingerprint density at radius 3 is 2.78 bits per heavy atom. The maximum atomic E-state index is 11.8. The number of halogens is 2. The summed E-state index contributed by atoms with van der Waals surface area (Å²) in [5, 5.41) is 1.88. The summed E-state index contributed by atoms with van der Waals surface area (Å²) in [6.45, 7) is 0. The first-order valence-corrected chi connectivity index (χ1v) is 7.73. The van der Waals surface area contributed by atoms with Gasteiger partial charge >= 0.3 is 5.97 Å². The molecule has 0 aliphatic heterocycles. The lowest BCUT2D eigenvalue weighted by Gasteiger charge is -2.11. The van der Waals surface area contributed by atoms with E-state index in [9.17, 15) is 4.79 Å². The molecular formula is C17H14Cl2N2O2. The van der Waals surface area contributed by atoms with Crippen LogP contribution in [0.15, 0.2) is 36.5 Å². The number of aryl methyl sites for hydroxylation is 1. The Labute approximate surface area is 143 Å². The second-order valence-electron chi connectivity index (χ2n) is 5.17. The largest absolute Gasteiger partial charge is 0.465 e. The van der Waals surface area contributed by atoms with Gasteiger partial charge in [0.1, 0.15) is 5.65 Å². The number of benzene rings is 1. The fourth-order valence-electron chi connectivity index (χ4n) is 2.59. The summed E-state index contributed by atoms with van der Waals surface area (Å²) >= 11 is 12.7. The SMILES string of the molecule is COC(=O)c1ccc(Cl)c(Cc2cc3cccnc3n2C)c1Cl. The zero-order valence-corrected chi connectivity index (χ0v) is 14.1. The molecule has 4 nitrogen and oxygen atoms in total. The van der Waals surface area contributed by atoms with E-state index in [1.807, 2.05) is 29.8 Å². The Bertz CT molecular complexity index is 903. The van der Waals surface area contributed by atoms with Gasteiger partial charge in [0.05, 0.1) is 17.7 Å². The minimum atomic E-state index is -0.480. The highest BCUT2D eigenvalue weighted by Crippen LogP contribution is 2.31. The van der Waals surface area contributed by atoms with Crippen LogP contribution in [0.1, 0.15) is 21.6 Å². The van der Waals surface area contributed by atoms with E-state index in [2.05, 4.69) is 4.98 Å². The lowest BCUT2D eigenvalue weighted by atomic mass is 10.1. The molecule has 3 rings (SSSR count). The minimum absolute atomic E-state index is 0.311. The summed E-state index contributed by atoms with van der Waals surface area (Å²) in [7, 11) is 3.26. The van der Waals surface area contributed by atoms with Gasteiger partial charge in [-0.2, -0.15) is 0 Å². The summed E-state index contributed by atoms with van der Waals surface area (Å²) in [4.78, 5) is 16.2. The van der Waals surface area contributed by atoms with Gasteiger partial charge in [-0.05, 0) is 35.9 Å². The molecule has 0 aliphatic carbocycles. The maximum Gasteiger partial charge on any atom is 0.339 e. The van der Waals surface area contributed by atoms with Crippen LogP contribution in [0.2, 0.25) is 10.0 Å². The molecule has 0 unspecified atom stereocenters. The van der Waals surface area contributed by atoms with Crippen LogP contribution in [0.25, 0.3) is 11.0 Å². The molecule has 0 N–H and O–H groups in total.